The highest BCUT2D eigenvalue weighted by molar-refractivity contribution is 5.48. The van der Waals surface area contributed by atoms with Gasteiger partial charge in [-0.3, -0.25) is 5.10 Å². The minimum absolute atomic E-state index is 0.955. The maximum Gasteiger partial charge on any atom is 0.152 e. The van der Waals surface area contributed by atoms with Crippen molar-refractivity contribution in [2.24, 2.45) is 0 Å². The molecule has 4 nitrogen and oxygen atoms in total. The molecule has 12 heavy (non-hydrogen) atoms. The molecule has 0 bridgehead atoms. The standard InChI is InChI=1S/C8H16N4/c1-4-12(5-2)8-6-7(9-3)10-11-8/h6H,4-5H2,1-3H3,(H2,9,10,11). The first-order valence-electron chi connectivity index (χ1n) is 4.29. The molecule has 0 saturated carbocycles. The number of nitrogens with one attached hydrogen (secondary N) is 2. The van der Waals surface area contributed by atoms with Gasteiger partial charge in [-0.15, -0.1) is 0 Å². The van der Waals surface area contributed by atoms with Crippen molar-refractivity contribution in [3.8, 4) is 0 Å². The molecule has 0 unspecified atom stereocenters. The van der Waals surface area contributed by atoms with E-state index in [1.807, 2.05) is 13.1 Å². The van der Waals surface area contributed by atoms with Gasteiger partial charge in [0.05, 0.1) is 0 Å². The van der Waals surface area contributed by atoms with E-state index in [-0.39, 0.29) is 0 Å². The van der Waals surface area contributed by atoms with Crippen LogP contribution in [0.15, 0.2) is 6.07 Å². The lowest BCUT2D eigenvalue weighted by Crippen LogP contribution is -2.21. The Hall–Kier alpha value is -1.19. The van der Waals surface area contributed by atoms with Gasteiger partial charge >= 0.3 is 0 Å². The highest BCUT2D eigenvalue weighted by Crippen LogP contribution is 2.13. The number of aromatic nitrogens is 2. The lowest BCUT2D eigenvalue weighted by atomic mass is 10.4. The molecule has 0 aliphatic rings. The minimum Gasteiger partial charge on any atom is -0.373 e. The average molecular weight is 168 g/mol. The summed E-state index contributed by atoms with van der Waals surface area (Å²) >= 11 is 0. The number of aromatic amines is 1. The summed E-state index contributed by atoms with van der Waals surface area (Å²) in [6.45, 7) is 6.23. The molecule has 1 rings (SSSR count). The second-order valence-electron chi connectivity index (χ2n) is 2.56. The van der Waals surface area contributed by atoms with Crippen LogP contribution in [0, 0.1) is 0 Å². The monoisotopic (exact) mass is 168 g/mol. The van der Waals surface area contributed by atoms with Gasteiger partial charge in [-0.2, -0.15) is 5.10 Å². The lowest BCUT2D eigenvalue weighted by Gasteiger charge is -2.16. The zero-order valence-electron chi connectivity index (χ0n) is 7.89. The van der Waals surface area contributed by atoms with Crippen molar-refractivity contribution < 1.29 is 0 Å². The summed E-state index contributed by atoms with van der Waals surface area (Å²) in [6, 6.07) is 2.01. The van der Waals surface area contributed by atoms with E-state index < -0.39 is 0 Å². The van der Waals surface area contributed by atoms with E-state index in [4.69, 9.17) is 0 Å². The molecular weight excluding hydrogens is 152 g/mol. The molecule has 0 aromatic carbocycles. The molecule has 0 spiro atoms. The van der Waals surface area contributed by atoms with Crippen LogP contribution in [0.4, 0.5) is 11.6 Å². The van der Waals surface area contributed by atoms with Crippen molar-refractivity contribution in [2.75, 3.05) is 30.4 Å². The molecular formula is C8H16N4. The van der Waals surface area contributed by atoms with Crippen molar-refractivity contribution in [1.82, 2.24) is 10.2 Å². The molecule has 0 aliphatic carbocycles. The van der Waals surface area contributed by atoms with Crippen molar-refractivity contribution in [3.05, 3.63) is 6.07 Å². The summed E-state index contributed by atoms with van der Waals surface area (Å²) in [5.41, 5.74) is 0. The van der Waals surface area contributed by atoms with Gasteiger partial charge in [0.2, 0.25) is 0 Å². The Balaban J connectivity index is 2.72. The van der Waals surface area contributed by atoms with E-state index in [2.05, 4.69) is 34.3 Å². The largest absolute Gasteiger partial charge is 0.373 e. The lowest BCUT2D eigenvalue weighted by molar-refractivity contribution is 0.839. The second-order valence-corrected chi connectivity index (χ2v) is 2.56. The van der Waals surface area contributed by atoms with Crippen molar-refractivity contribution in [1.29, 1.82) is 0 Å². The SMILES string of the molecule is CCN(CC)c1cc(NC)[nH]n1. The van der Waals surface area contributed by atoms with E-state index in [9.17, 15) is 0 Å². The maximum atomic E-state index is 4.17. The predicted octanol–water partition coefficient (Wildman–Crippen LogP) is 1.30. The molecule has 1 aromatic heterocycles. The number of anilines is 2. The number of rotatable bonds is 4. The van der Waals surface area contributed by atoms with Gasteiger partial charge in [-0.1, -0.05) is 0 Å². The molecule has 0 atom stereocenters. The Bertz CT molecular complexity index is 227. The molecule has 0 saturated heterocycles. The van der Waals surface area contributed by atoms with Crippen LogP contribution in [0.1, 0.15) is 13.8 Å². The topological polar surface area (TPSA) is 44.0 Å². The highest BCUT2D eigenvalue weighted by Gasteiger charge is 2.04. The van der Waals surface area contributed by atoms with Crippen LogP contribution in [0.25, 0.3) is 0 Å². The summed E-state index contributed by atoms with van der Waals surface area (Å²) in [5, 5.41) is 10.1. The third kappa shape index (κ3) is 1.69. The van der Waals surface area contributed by atoms with Crippen LogP contribution in [-0.4, -0.2) is 30.3 Å². The first-order chi connectivity index (χ1) is 5.81. The second kappa shape index (κ2) is 3.99. The van der Waals surface area contributed by atoms with E-state index >= 15 is 0 Å². The first-order valence-corrected chi connectivity index (χ1v) is 4.29. The van der Waals surface area contributed by atoms with E-state index in [1.54, 1.807) is 0 Å². The van der Waals surface area contributed by atoms with E-state index in [1.165, 1.54) is 0 Å². The predicted molar refractivity (Wildman–Crippen MR) is 51.7 cm³/mol. The fourth-order valence-corrected chi connectivity index (χ4v) is 1.15. The van der Waals surface area contributed by atoms with Gasteiger partial charge in [0.1, 0.15) is 5.82 Å². The van der Waals surface area contributed by atoms with Crippen LogP contribution >= 0.6 is 0 Å². The molecule has 0 radical (unpaired) electrons. The van der Waals surface area contributed by atoms with Crippen molar-refractivity contribution in [2.45, 2.75) is 13.8 Å². The Morgan fingerprint density at radius 3 is 2.58 bits per heavy atom. The molecule has 1 aromatic rings. The number of H-pyrrole nitrogens is 1. The van der Waals surface area contributed by atoms with Gasteiger partial charge in [-0.25, -0.2) is 0 Å². The summed E-state index contributed by atoms with van der Waals surface area (Å²) in [6.07, 6.45) is 0. The van der Waals surface area contributed by atoms with E-state index in [0.29, 0.717) is 0 Å². The molecule has 1 heterocycles. The number of hydrogen-bond acceptors (Lipinski definition) is 3. The minimum atomic E-state index is 0.955. The van der Waals surface area contributed by atoms with E-state index in [0.717, 1.165) is 24.7 Å². The first kappa shape index (κ1) is 8.90. The fourth-order valence-electron chi connectivity index (χ4n) is 1.15. The van der Waals surface area contributed by atoms with Crippen molar-refractivity contribution >= 4 is 11.6 Å². The summed E-state index contributed by atoms with van der Waals surface area (Å²) in [5.74, 6) is 1.96. The molecule has 0 fully saturated rings. The smallest absolute Gasteiger partial charge is 0.152 e. The average Bonchev–Trinajstić information content (AvgIpc) is 2.55. The molecule has 0 amide bonds. The third-order valence-corrected chi connectivity index (χ3v) is 1.92. The maximum absolute atomic E-state index is 4.17. The molecule has 4 heteroatoms. The molecule has 2 N–H and O–H groups in total. The van der Waals surface area contributed by atoms with Crippen molar-refractivity contribution in [3.63, 3.8) is 0 Å². The Labute approximate surface area is 73.0 Å². The normalized spacial score (nSPS) is 9.92. The van der Waals surface area contributed by atoms with Gasteiger partial charge in [0, 0.05) is 26.2 Å². The van der Waals surface area contributed by atoms with Gasteiger partial charge < -0.3 is 10.2 Å². The van der Waals surface area contributed by atoms with Gasteiger partial charge in [0.25, 0.3) is 0 Å². The van der Waals surface area contributed by atoms with Crippen LogP contribution in [0.2, 0.25) is 0 Å². The Morgan fingerprint density at radius 1 is 1.50 bits per heavy atom. The summed E-state index contributed by atoms with van der Waals surface area (Å²) in [7, 11) is 1.87. The zero-order chi connectivity index (χ0) is 8.97. The van der Waals surface area contributed by atoms with Crippen LogP contribution in [-0.2, 0) is 0 Å². The number of nitrogens with zero attached hydrogens (tertiary/aromatic N) is 2. The van der Waals surface area contributed by atoms with Gasteiger partial charge in [0.15, 0.2) is 5.82 Å². The van der Waals surface area contributed by atoms with Crippen LogP contribution < -0.4 is 10.2 Å². The highest BCUT2D eigenvalue weighted by atomic mass is 15.3. The Kier molecular flexibility index (Phi) is 2.96. The number of hydrogen-bond donors (Lipinski definition) is 2. The van der Waals surface area contributed by atoms with Crippen LogP contribution in [0.5, 0.6) is 0 Å². The summed E-state index contributed by atoms with van der Waals surface area (Å²) < 4.78 is 0. The fraction of sp³-hybridized carbons (Fsp3) is 0.625. The van der Waals surface area contributed by atoms with Crippen LogP contribution in [0.3, 0.4) is 0 Å². The quantitative estimate of drug-likeness (QED) is 0.712. The Morgan fingerprint density at radius 2 is 2.17 bits per heavy atom. The zero-order valence-corrected chi connectivity index (χ0v) is 7.89. The van der Waals surface area contributed by atoms with Gasteiger partial charge in [-0.05, 0) is 13.8 Å². The summed E-state index contributed by atoms with van der Waals surface area (Å²) in [4.78, 5) is 2.19. The third-order valence-electron chi connectivity index (χ3n) is 1.92. The molecule has 0 aliphatic heterocycles. The molecule has 68 valence electrons.